The molecule has 5 nitrogen and oxygen atoms in total. The van der Waals surface area contributed by atoms with Gasteiger partial charge in [0.15, 0.2) is 5.69 Å². The van der Waals surface area contributed by atoms with Crippen LogP contribution in [0.3, 0.4) is 0 Å². The number of hydrogen-bond donors (Lipinski definition) is 0. The van der Waals surface area contributed by atoms with Crippen molar-refractivity contribution >= 4 is 17.5 Å². The fraction of sp³-hybridized carbons (Fsp3) is 0.667. The normalized spacial score (nSPS) is 11.2. The van der Waals surface area contributed by atoms with Crippen LogP contribution in [0.25, 0.3) is 0 Å². The molecule has 0 unspecified atom stereocenters. The molecule has 0 atom stereocenters. The molecule has 6 heteroatoms. The first-order chi connectivity index (χ1) is 9.86. The first kappa shape index (κ1) is 17.9. The van der Waals surface area contributed by atoms with Gasteiger partial charge in [0.2, 0.25) is 0 Å². The molecule has 0 aliphatic rings. The molecular formula is C15H25ClN4O. The van der Waals surface area contributed by atoms with E-state index in [9.17, 15) is 4.79 Å². The Kier molecular flexibility index (Phi) is 7.05. The van der Waals surface area contributed by atoms with E-state index in [2.05, 4.69) is 21.8 Å². The van der Waals surface area contributed by atoms with E-state index in [1.165, 1.54) is 6.20 Å². The molecule has 1 heterocycles. The zero-order chi connectivity index (χ0) is 16.0. The molecule has 0 aliphatic heterocycles. The largest absolute Gasteiger partial charge is 0.336 e. The van der Waals surface area contributed by atoms with E-state index < -0.39 is 0 Å². The van der Waals surface area contributed by atoms with Gasteiger partial charge in [-0.25, -0.2) is 9.97 Å². The van der Waals surface area contributed by atoms with Crippen molar-refractivity contribution in [2.45, 2.75) is 33.1 Å². The first-order valence-corrected chi connectivity index (χ1v) is 7.71. The summed E-state index contributed by atoms with van der Waals surface area (Å²) in [5.74, 6) is 0.690. The Hall–Kier alpha value is -1.20. The van der Waals surface area contributed by atoms with Crippen molar-refractivity contribution in [3.8, 4) is 0 Å². The maximum absolute atomic E-state index is 12.7. The number of amides is 1. The number of hydrogen-bond acceptors (Lipinski definition) is 4. The second kappa shape index (κ2) is 8.29. The van der Waals surface area contributed by atoms with Crippen molar-refractivity contribution < 1.29 is 4.79 Å². The predicted octanol–water partition coefficient (Wildman–Crippen LogP) is 2.67. The highest BCUT2D eigenvalue weighted by molar-refractivity contribution is 6.33. The van der Waals surface area contributed by atoms with Crippen LogP contribution in [-0.4, -0.2) is 59.4 Å². The molecule has 0 aromatic carbocycles. The van der Waals surface area contributed by atoms with E-state index in [1.807, 2.05) is 27.9 Å². The number of halogens is 1. The minimum Gasteiger partial charge on any atom is -0.336 e. The molecule has 1 amide bonds. The fourth-order valence-electron chi connectivity index (χ4n) is 1.86. The Morgan fingerprint density at radius 2 is 1.95 bits per heavy atom. The minimum absolute atomic E-state index is 0.118. The standard InChI is InChI=1S/C15H25ClN4O/c1-6-7-20(9-8-19(4)5)15(21)13-12(16)10-17-14(18-13)11(2)3/h10-11H,6-9H2,1-5H3. The maximum Gasteiger partial charge on any atom is 0.274 e. The number of carbonyl (C=O) groups excluding carboxylic acids is 1. The average molecular weight is 313 g/mol. The number of carbonyl (C=O) groups is 1. The summed E-state index contributed by atoms with van der Waals surface area (Å²) in [5.41, 5.74) is 0.308. The van der Waals surface area contributed by atoms with E-state index in [0.717, 1.165) is 13.0 Å². The zero-order valence-corrected chi connectivity index (χ0v) is 14.3. The second-order valence-electron chi connectivity index (χ2n) is 5.67. The van der Waals surface area contributed by atoms with Crippen LogP contribution >= 0.6 is 11.6 Å². The second-order valence-corrected chi connectivity index (χ2v) is 6.08. The number of rotatable bonds is 7. The van der Waals surface area contributed by atoms with Crippen molar-refractivity contribution in [2.75, 3.05) is 33.7 Å². The lowest BCUT2D eigenvalue weighted by Crippen LogP contribution is -2.38. The van der Waals surface area contributed by atoms with Crippen LogP contribution in [0.1, 0.15) is 49.4 Å². The molecule has 1 aromatic heterocycles. The maximum atomic E-state index is 12.7. The molecule has 0 radical (unpaired) electrons. The lowest BCUT2D eigenvalue weighted by Gasteiger charge is -2.24. The van der Waals surface area contributed by atoms with Crippen molar-refractivity contribution in [1.29, 1.82) is 0 Å². The van der Waals surface area contributed by atoms with E-state index in [0.29, 0.717) is 29.6 Å². The van der Waals surface area contributed by atoms with Gasteiger partial charge in [-0.1, -0.05) is 32.4 Å². The van der Waals surface area contributed by atoms with Gasteiger partial charge < -0.3 is 9.80 Å². The monoisotopic (exact) mass is 312 g/mol. The predicted molar refractivity (Wildman–Crippen MR) is 85.9 cm³/mol. The highest BCUT2D eigenvalue weighted by atomic mass is 35.5. The highest BCUT2D eigenvalue weighted by Crippen LogP contribution is 2.18. The highest BCUT2D eigenvalue weighted by Gasteiger charge is 2.21. The molecule has 0 bridgehead atoms. The number of nitrogens with zero attached hydrogens (tertiary/aromatic N) is 4. The molecule has 0 saturated heterocycles. The summed E-state index contributed by atoms with van der Waals surface area (Å²) >= 11 is 6.12. The van der Waals surface area contributed by atoms with Crippen molar-refractivity contribution in [3.05, 3.63) is 22.7 Å². The number of aromatic nitrogens is 2. The molecule has 21 heavy (non-hydrogen) atoms. The van der Waals surface area contributed by atoms with Gasteiger partial charge in [-0.05, 0) is 20.5 Å². The Labute approximate surface area is 132 Å². The van der Waals surface area contributed by atoms with Crippen LogP contribution in [0.2, 0.25) is 5.02 Å². The third kappa shape index (κ3) is 5.25. The van der Waals surface area contributed by atoms with Gasteiger partial charge in [-0.2, -0.15) is 0 Å². The molecule has 1 rings (SSSR count). The van der Waals surface area contributed by atoms with Crippen LogP contribution in [0.15, 0.2) is 6.20 Å². The molecule has 0 N–H and O–H groups in total. The first-order valence-electron chi connectivity index (χ1n) is 7.33. The van der Waals surface area contributed by atoms with E-state index in [1.54, 1.807) is 4.90 Å². The fourth-order valence-corrected chi connectivity index (χ4v) is 2.04. The third-order valence-corrected chi connectivity index (χ3v) is 3.36. The lowest BCUT2D eigenvalue weighted by molar-refractivity contribution is 0.0738. The van der Waals surface area contributed by atoms with Gasteiger partial charge in [-0.15, -0.1) is 0 Å². The lowest BCUT2D eigenvalue weighted by atomic mass is 10.2. The van der Waals surface area contributed by atoms with Gasteiger partial charge in [0.25, 0.3) is 5.91 Å². The minimum atomic E-state index is -0.118. The summed E-state index contributed by atoms with van der Waals surface area (Å²) < 4.78 is 0. The summed E-state index contributed by atoms with van der Waals surface area (Å²) in [4.78, 5) is 25.1. The Bertz CT molecular complexity index is 477. The molecule has 0 fully saturated rings. The zero-order valence-electron chi connectivity index (χ0n) is 13.6. The third-order valence-electron chi connectivity index (χ3n) is 3.08. The average Bonchev–Trinajstić information content (AvgIpc) is 2.42. The van der Waals surface area contributed by atoms with Crippen molar-refractivity contribution in [2.24, 2.45) is 0 Å². The SMILES string of the molecule is CCCN(CCN(C)C)C(=O)c1nc(C(C)C)ncc1Cl. The van der Waals surface area contributed by atoms with Gasteiger partial charge >= 0.3 is 0 Å². The topological polar surface area (TPSA) is 49.3 Å². The number of likely N-dealkylation sites (N-methyl/N-ethyl adjacent to an activating group) is 1. The quantitative estimate of drug-likeness (QED) is 0.776. The molecule has 118 valence electrons. The Morgan fingerprint density at radius 1 is 1.29 bits per heavy atom. The smallest absolute Gasteiger partial charge is 0.274 e. The van der Waals surface area contributed by atoms with E-state index in [-0.39, 0.29) is 11.8 Å². The van der Waals surface area contributed by atoms with Crippen molar-refractivity contribution in [3.63, 3.8) is 0 Å². The summed E-state index contributed by atoms with van der Waals surface area (Å²) in [5, 5.41) is 0.315. The molecule has 0 aliphatic carbocycles. The molecule has 0 spiro atoms. The van der Waals surface area contributed by atoms with Crippen LogP contribution in [0, 0.1) is 0 Å². The molecule has 1 aromatic rings. The van der Waals surface area contributed by atoms with Gasteiger partial charge in [0, 0.05) is 25.6 Å². The van der Waals surface area contributed by atoms with E-state index >= 15 is 0 Å². The summed E-state index contributed by atoms with van der Waals surface area (Å²) in [6, 6.07) is 0. The summed E-state index contributed by atoms with van der Waals surface area (Å²) in [7, 11) is 3.98. The van der Waals surface area contributed by atoms with Crippen LogP contribution in [-0.2, 0) is 0 Å². The van der Waals surface area contributed by atoms with Gasteiger partial charge in [-0.3, -0.25) is 4.79 Å². The van der Waals surface area contributed by atoms with Gasteiger partial charge in [0.05, 0.1) is 11.2 Å². The Morgan fingerprint density at radius 3 is 2.48 bits per heavy atom. The van der Waals surface area contributed by atoms with Crippen LogP contribution in [0.5, 0.6) is 0 Å². The molecular weight excluding hydrogens is 288 g/mol. The summed E-state index contributed by atoms with van der Waals surface area (Å²) in [6.45, 7) is 8.21. The van der Waals surface area contributed by atoms with Crippen LogP contribution < -0.4 is 0 Å². The van der Waals surface area contributed by atoms with E-state index in [4.69, 9.17) is 11.6 Å². The van der Waals surface area contributed by atoms with Crippen molar-refractivity contribution in [1.82, 2.24) is 19.8 Å². The van der Waals surface area contributed by atoms with Gasteiger partial charge in [0.1, 0.15) is 5.82 Å². The van der Waals surface area contributed by atoms with Crippen LogP contribution in [0.4, 0.5) is 0 Å². The Balaban J connectivity index is 2.99. The molecule has 0 saturated carbocycles. The summed E-state index contributed by atoms with van der Waals surface area (Å²) in [6.07, 6.45) is 2.42.